The number of imidazole rings is 1. The number of morpholine rings is 1. The molecule has 9 heteroatoms. The molecule has 1 aromatic carbocycles. The molecule has 0 atom stereocenters. The molecule has 9 nitrogen and oxygen atoms in total. The molecule has 0 unspecified atom stereocenters. The molecule has 5 N–H and O–H groups in total. The molecular formula is C26H32N8O. The smallest absolute Gasteiger partial charge is 0.167 e. The van der Waals surface area contributed by atoms with Gasteiger partial charge in [0.05, 0.1) is 18.8 Å². The number of ether oxygens (including phenoxy) is 1. The Kier molecular flexibility index (Phi) is 7.17. The first kappa shape index (κ1) is 23.2. The Morgan fingerprint density at radius 1 is 0.971 bits per heavy atom. The van der Waals surface area contributed by atoms with Gasteiger partial charge in [-0.1, -0.05) is 12.1 Å². The highest BCUT2D eigenvalue weighted by Gasteiger charge is 2.20. The first-order valence-electron chi connectivity index (χ1n) is 12.2. The molecule has 35 heavy (non-hydrogen) atoms. The van der Waals surface area contributed by atoms with Crippen LogP contribution in [0, 0.1) is 0 Å². The van der Waals surface area contributed by atoms with E-state index in [0.717, 1.165) is 79.6 Å². The van der Waals surface area contributed by atoms with Crippen LogP contribution in [0.5, 0.6) is 0 Å². The summed E-state index contributed by atoms with van der Waals surface area (Å²) in [6.45, 7) is 5.57. The van der Waals surface area contributed by atoms with Crippen LogP contribution in [-0.2, 0) is 11.3 Å². The third-order valence-corrected chi connectivity index (χ3v) is 6.24. The van der Waals surface area contributed by atoms with Crippen LogP contribution in [0.1, 0.15) is 18.4 Å². The lowest BCUT2D eigenvalue weighted by Crippen LogP contribution is -2.36. The van der Waals surface area contributed by atoms with E-state index in [1.165, 1.54) is 5.56 Å². The van der Waals surface area contributed by atoms with Crippen LogP contribution in [0.25, 0.3) is 28.2 Å². The first-order valence-corrected chi connectivity index (χ1v) is 12.2. The van der Waals surface area contributed by atoms with E-state index in [0.29, 0.717) is 19.0 Å². The van der Waals surface area contributed by atoms with Gasteiger partial charge in [0, 0.05) is 31.5 Å². The minimum atomic E-state index is 0.441. The Bertz CT molecular complexity index is 1260. The van der Waals surface area contributed by atoms with E-state index in [1.807, 2.05) is 24.3 Å². The minimum Gasteiger partial charge on any atom is -0.383 e. The number of anilines is 2. The number of nitrogens with one attached hydrogen (secondary N) is 1. The van der Waals surface area contributed by atoms with Crippen LogP contribution in [0.4, 0.5) is 11.6 Å². The standard InChI is InChI=1S/C26H32N8O/c27-11-1-2-12-29-18-19-5-7-20(8-6-19)34-25(21-4-3-13-30-24(21)28)31-22-9-10-23(32-26(22)34)33-14-16-35-17-15-33/h3-10,13,29H,1-2,11-12,14-18,27H2,(H2,28,30). The van der Waals surface area contributed by atoms with Crippen LogP contribution in [0.2, 0.25) is 0 Å². The first-order chi connectivity index (χ1) is 17.2. The fourth-order valence-electron chi connectivity index (χ4n) is 4.34. The number of rotatable bonds is 9. The molecule has 0 radical (unpaired) electrons. The molecule has 5 rings (SSSR count). The maximum absolute atomic E-state index is 6.26. The summed E-state index contributed by atoms with van der Waals surface area (Å²) in [6.07, 6.45) is 3.82. The zero-order chi connectivity index (χ0) is 24.0. The lowest BCUT2D eigenvalue weighted by molar-refractivity contribution is 0.122. The highest BCUT2D eigenvalue weighted by Crippen LogP contribution is 2.31. The third-order valence-electron chi connectivity index (χ3n) is 6.24. The molecule has 1 fully saturated rings. The lowest BCUT2D eigenvalue weighted by Gasteiger charge is -2.27. The number of pyridine rings is 2. The molecule has 0 amide bonds. The number of nitrogen functional groups attached to an aromatic ring is 1. The van der Waals surface area contributed by atoms with E-state index in [9.17, 15) is 0 Å². The Hall–Kier alpha value is -3.53. The van der Waals surface area contributed by atoms with E-state index in [2.05, 4.69) is 44.0 Å². The van der Waals surface area contributed by atoms with Crippen molar-refractivity contribution >= 4 is 22.8 Å². The summed E-state index contributed by atoms with van der Waals surface area (Å²) in [6, 6.07) is 16.4. The average Bonchev–Trinajstić information content (AvgIpc) is 3.28. The van der Waals surface area contributed by atoms with E-state index in [1.54, 1.807) is 6.20 Å². The zero-order valence-corrected chi connectivity index (χ0v) is 19.9. The Labute approximate surface area is 205 Å². The molecule has 1 saturated heterocycles. The molecule has 3 aromatic heterocycles. The van der Waals surface area contributed by atoms with Gasteiger partial charge in [0.1, 0.15) is 17.2 Å². The van der Waals surface area contributed by atoms with Crippen LogP contribution >= 0.6 is 0 Å². The van der Waals surface area contributed by atoms with Crippen molar-refractivity contribution in [2.24, 2.45) is 5.73 Å². The molecule has 0 aliphatic carbocycles. The number of nitrogens with two attached hydrogens (primary N) is 2. The van der Waals surface area contributed by atoms with Crippen LogP contribution in [0.3, 0.4) is 0 Å². The normalized spacial score (nSPS) is 14.0. The predicted octanol–water partition coefficient (Wildman–Crippen LogP) is 2.73. The van der Waals surface area contributed by atoms with Gasteiger partial charge in [0.25, 0.3) is 0 Å². The van der Waals surface area contributed by atoms with Gasteiger partial charge in [-0.05, 0) is 67.9 Å². The minimum absolute atomic E-state index is 0.441. The van der Waals surface area contributed by atoms with Gasteiger partial charge in [-0.15, -0.1) is 0 Å². The second-order valence-corrected chi connectivity index (χ2v) is 8.66. The molecule has 1 aliphatic heterocycles. The number of nitrogens with zero attached hydrogens (tertiary/aromatic N) is 5. The summed E-state index contributed by atoms with van der Waals surface area (Å²) < 4.78 is 7.59. The number of aromatic nitrogens is 4. The SMILES string of the molecule is NCCCCNCc1ccc(-n2c(-c3cccnc3N)nc3ccc(N4CCOCC4)nc32)cc1. The Morgan fingerprint density at radius 2 is 1.80 bits per heavy atom. The van der Waals surface area contributed by atoms with Crippen molar-refractivity contribution in [2.75, 3.05) is 50.0 Å². The third kappa shape index (κ3) is 5.12. The molecular weight excluding hydrogens is 440 g/mol. The largest absolute Gasteiger partial charge is 0.383 e. The van der Waals surface area contributed by atoms with Crippen molar-refractivity contribution in [3.05, 3.63) is 60.3 Å². The van der Waals surface area contributed by atoms with Crippen molar-refractivity contribution < 1.29 is 4.74 Å². The summed E-state index contributed by atoms with van der Waals surface area (Å²) in [4.78, 5) is 16.5. The molecule has 4 heterocycles. The summed E-state index contributed by atoms with van der Waals surface area (Å²) in [7, 11) is 0. The van der Waals surface area contributed by atoms with Crippen molar-refractivity contribution in [3.63, 3.8) is 0 Å². The van der Waals surface area contributed by atoms with Crippen molar-refractivity contribution in [1.29, 1.82) is 0 Å². The number of benzene rings is 1. The molecule has 0 saturated carbocycles. The van der Waals surface area contributed by atoms with Crippen LogP contribution in [0.15, 0.2) is 54.7 Å². The fourth-order valence-corrected chi connectivity index (χ4v) is 4.34. The Morgan fingerprint density at radius 3 is 2.57 bits per heavy atom. The predicted molar refractivity (Wildman–Crippen MR) is 140 cm³/mol. The Balaban J connectivity index is 1.52. The van der Waals surface area contributed by atoms with Gasteiger partial charge in [-0.2, -0.15) is 0 Å². The summed E-state index contributed by atoms with van der Waals surface area (Å²) in [5, 5.41) is 3.48. The van der Waals surface area contributed by atoms with Gasteiger partial charge >= 0.3 is 0 Å². The maximum atomic E-state index is 6.26. The maximum Gasteiger partial charge on any atom is 0.167 e. The quantitative estimate of drug-likeness (QED) is 0.318. The second kappa shape index (κ2) is 10.8. The van der Waals surface area contributed by atoms with Gasteiger partial charge in [0.2, 0.25) is 0 Å². The van der Waals surface area contributed by atoms with Crippen molar-refractivity contribution in [1.82, 2.24) is 24.8 Å². The molecule has 182 valence electrons. The number of fused-ring (bicyclic) bond motifs is 1. The molecule has 4 aromatic rings. The van der Waals surface area contributed by atoms with E-state index < -0.39 is 0 Å². The van der Waals surface area contributed by atoms with Crippen LogP contribution in [-0.4, -0.2) is 58.9 Å². The van der Waals surface area contributed by atoms with Crippen molar-refractivity contribution in [3.8, 4) is 17.1 Å². The summed E-state index contributed by atoms with van der Waals surface area (Å²) in [5.74, 6) is 2.09. The van der Waals surface area contributed by atoms with E-state index >= 15 is 0 Å². The summed E-state index contributed by atoms with van der Waals surface area (Å²) >= 11 is 0. The van der Waals surface area contributed by atoms with Crippen LogP contribution < -0.4 is 21.7 Å². The summed E-state index contributed by atoms with van der Waals surface area (Å²) in [5.41, 5.74) is 16.4. The second-order valence-electron chi connectivity index (χ2n) is 8.66. The van der Waals surface area contributed by atoms with Gasteiger partial charge in [0.15, 0.2) is 11.5 Å². The monoisotopic (exact) mass is 472 g/mol. The van der Waals surface area contributed by atoms with Gasteiger partial charge in [-0.3, -0.25) is 4.57 Å². The fraction of sp³-hybridized carbons (Fsp3) is 0.346. The molecule has 1 aliphatic rings. The highest BCUT2D eigenvalue weighted by molar-refractivity contribution is 5.83. The lowest BCUT2D eigenvalue weighted by atomic mass is 10.2. The topological polar surface area (TPSA) is 120 Å². The number of hydrogen-bond donors (Lipinski definition) is 3. The average molecular weight is 473 g/mol. The molecule has 0 spiro atoms. The zero-order valence-electron chi connectivity index (χ0n) is 19.9. The van der Waals surface area contributed by atoms with Gasteiger partial charge in [-0.25, -0.2) is 15.0 Å². The number of unbranched alkanes of at least 4 members (excludes halogenated alkanes) is 1. The molecule has 0 bridgehead atoms. The van der Waals surface area contributed by atoms with E-state index in [4.69, 9.17) is 26.2 Å². The van der Waals surface area contributed by atoms with Crippen molar-refractivity contribution in [2.45, 2.75) is 19.4 Å². The van der Waals surface area contributed by atoms with E-state index in [-0.39, 0.29) is 0 Å². The van der Waals surface area contributed by atoms with Gasteiger partial charge < -0.3 is 26.4 Å². The number of hydrogen-bond acceptors (Lipinski definition) is 8. The highest BCUT2D eigenvalue weighted by atomic mass is 16.5.